The molecule has 0 amide bonds. The highest BCUT2D eigenvalue weighted by Crippen LogP contribution is 2.37. The van der Waals surface area contributed by atoms with E-state index in [1.54, 1.807) is 88.6 Å². The van der Waals surface area contributed by atoms with Crippen LogP contribution in [0.2, 0.25) is 0 Å². The third kappa shape index (κ3) is 13.7. The largest absolute Gasteiger partial charge is 0.477 e. The molecule has 0 aliphatic carbocycles. The van der Waals surface area contributed by atoms with Gasteiger partial charge in [0, 0.05) is 46.3 Å². The van der Waals surface area contributed by atoms with Gasteiger partial charge in [-0.3, -0.25) is 0 Å². The second-order valence-corrected chi connectivity index (χ2v) is 20.9. The summed E-state index contributed by atoms with van der Waals surface area (Å²) in [6.07, 6.45) is 16.6. The van der Waals surface area contributed by atoms with Gasteiger partial charge in [0.1, 0.15) is 34.9 Å². The van der Waals surface area contributed by atoms with Crippen molar-refractivity contribution in [1.82, 2.24) is 0 Å². The van der Waals surface area contributed by atoms with E-state index in [1.807, 2.05) is 36.4 Å². The maximum absolute atomic E-state index is 11.3. The average molecular weight is 1080 g/mol. The van der Waals surface area contributed by atoms with E-state index in [4.69, 9.17) is 15.8 Å². The standard InChI is InChI=1S/C66H42N4O6S3/c67-40-52(64(71)72)37-46-1-16-49(17-2-46)61-34-31-58(77-61)28-13-43-7-22-55(23-8-43)70(56-24-9-44(10-25-56)14-29-59-32-35-62(78-59)50-18-3-47(4-19-50)38-53(41-68)65(73)74)57-26-11-45(12-27-57)15-30-60-33-36-63(79-60)51-20-5-48(6-21-51)39-54(42-69)66(75)76/h1-39H,(H,71,72)(H,73,74)(H,75,76)/b28-13+,29-14+,30-15+,52-37+,53-38+,54-39+. The Morgan fingerprint density at radius 2 is 0.570 bits per heavy atom. The van der Waals surface area contributed by atoms with E-state index < -0.39 is 17.9 Å². The van der Waals surface area contributed by atoms with E-state index in [2.05, 4.69) is 151 Å². The number of carboxylic acids is 3. The van der Waals surface area contributed by atoms with Crippen LogP contribution in [0.4, 0.5) is 17.1 Å². The smallest absolute Gasteiger partial charge is 0.346 e. The molecule has 0 saturated heterocycles. The lowest BCUT2D eigenvalue weighted by Gasteiger charge is -2.26. The lowest BCUT2D eigenvalue weighted by atomic mass is 10.1. The first kappa shape index (κ1) is 53.4. The maximum atomic E-state index is 11.3. The van der Waals surface area contributed by atoms with Gasteiger partial charge in [0.05, 0.1) is 0 Å². The summed E-state index contributed by atoms with van der Waals surface area (Å²) in [6.45, 7) is 0. The Labute approximate surface area is 467 Å². The molecule has 3 aromatic heterocycles. The van der Waals surface area contributed by atoms with Gasteiger partial charge in [-0.1, -0.05) is 127 Å². The van der Waals surface area contributed by atoms with Crippen molar-refractivity contribution < 1.29 is 29.7 Å². The van der Waals surface area contributed by atoms with Crippen molar-refractivity contribution in [2.75, 3.05) is 4.90 Å². The van der Waals surface area contributed by atoms with Gasteiger partial charge < -0.3 is 20.2 Å². The number of nitrogens with zero attached hydrogens (tertiary/aromatic N) is 4. The molecule has 9 aromatic rings. The molecule has 380 valence electrons. The predicted octanol–water partition coefficient (Wildman–Crippen LogP) is 16.8. The second-order valence-electron chi connectivity index (χ2n) is 17.5. The van der Waals surface area contributed by atoms with Crippen LogP contribution >= 0.6 is 34.0 Å². The monoisotopic (exact) mass is 1080 g/mol. The van der Waals surface area contributed by atoms with E-state index in [9.17, 15) is 29.7 Å². The molecule has 79 heavy (non-hydrogen) atoms. The van der Waals surface area contributed by atoms with Crippen molar-refractivity contribution in [1.29, 1.82) is 15.8 Å². The summed E-state index contributed by atoms with van der Waals surface area (Å²) in [5.74, 6) is -3.78. The van der Waals surface area contributed by atoms with E-state index in [0.29, 0.717) is 16.7 Å². The van der Waals surface area contributed by atoms with Gasteiger partial charge in [-0.15, -0.1) is 34.0 Å². The molecule has 3 N–H and O–H groups in total. The van der Waals surface area contributed by atoms with Crippen LogP contribution in [-0.2, 0) is 14.4 Å². The Morgan fingerprint density at radius 3 is 0.797 bits per heavy atom. The number of hydrogen-bond donors (Lipinski definition) is 3. The summed E-state index contributed by atoms with van der Waals surface area (Å²) in [6, 6.07) is 65.0. The van der Waals surface area contributed by atoms with Gasteiger partial charge in [-0.05, 0) is 159 Å². The van der Waals surface area contributed by atoms with Crippen molar-refractivity contribution in [2.45, 2.75) is 0 Å². The zero-order chi connectivity index (χ0) is 55.3. The minimum atomic E-state index is -1.26. The van der Waals surface area contributed by atoms with E-state index in [0.717, 1.165) is 79.7 Å². The Kier molecular flexibility index (Phi) is 16.8. The molecular formula is C66H42N4O6S3. The van der Waals surface area contributed by atoms with Crippen molar-refractivity contribution in [2.24, 2.45) is 0 Å². The Balaban J connectivity index is 0.921. The number of benzene rings is 6. The van der Waals surface area contributed by atoms with Crippen LogP contribution in [0, 0.1) is 34.0 Å². The molecule has 0 unspecified atom stereocenters. The van der Waals surface area contributed by atoms with E-state index in [1.165, 1.54) is 18.2 Å². The third-order valence-electron chi connectivity index (χ3n) is 12.2. The molecule has 0 fully saturated rings. The Hall–Kier alpha value is -10.5. The molecule has 6 aromatic carbocycles. The second kappa shape index (κ2) is 24.9. The van der Waals surface area contributed by atoms with Gasteiger partial charge in [-0.2, -0.15) is 15.8 Å². The van der Waals surface area contributed by atoms with Crippen molar-refractivity contribution >= 4 is 124 Å². The van der Waals surface area contributed by atoms with Gasteiger partial charge in [0.2, 0.25) is 0 Å². The van der Waals surface area contributed by atoms with Crippen LogP contribution in [-0.4, -0.2) is 33.2 Å². The highest BCUT2D eigenvalue weighted by atomic mass is 32.1. The predicted molar refractivity (Wildman–Crippen MR) is 321 cm³/mol. The molecule has 0 radical (unpaired) electrons. The third-order valence-corrected chi connectivity index (χ3v) is 15.5. The minimum absolute atomic E-state index is 0.321. The summed E-state index contributed by atoms with van der Waals surface area (Å²) in [7, 11) is 0. The molecule has 0 atom stereocenters. The lowest BCUT2D eigenvalue weighted by Crippen LogP contribution is -2.09. The fourth-order valence-corrected chi connectivity index (χ4v) is 10.9. The Bertz CT molecular complexity index is 3620. The van der Waals surface area contributed by atoms with Crippen molar-refractivity contribution in [3.8, 4) is 49.5 Å². The molecule has 10 nitrogen and oxygen atoms in total. The number of thiophene rings is 3. The van der Waals surface area contributed by atoms with Gasteiger partial charge in [-0.25, -0.2) is 14.4 Å². The summed E-state index contributed by atoms with van der Waals surface area (Å²) in [5, 5.41) is 55.0. The van der Waals surface area contributed by atoms with E-state index >= 15 is 0 Å². The summed E-state index contributed by atoms with van der Waals surface area (Å²) in [5.41, 5.74) is 9.88. The zero-order valence-corrected chi connectivity index (χ0v) is 44.0. The summed E-state index contributed by atoms with van der Waals surface area (Å²) >= 11 is 4.91. The van der Waals surface area contributed by atoms with E-state index in [-0.39, 0.29) is 16.7 Å². The fourth-order valence-electron chi connectivity index (χ4n) is 8.13. The normalized spacial score (nSPS) is 11.9. The van der Waals surface area contributed by atoms with Crippen LogP contribution in [0.25, 0.3) is 86.0 Å². The first-order valence-corrected chi connectivity index (χ1v) is 26.7. The molecular weight excluding hydrogens is 1040 g/mol. The average Bonchev–Trinajstić information content (AvgIpc) is 4.30. The molecule has 0 bridgehead atoms. The molecule has 0 aliphatic heterocycles. The molecule has 0 aliphatic rings. The first-order chi connectivity index (χ1) is 38.4. The quantitative estimate of drug-likeness (QED) is 0.0551. The van der Waals surface area contributed by atoms with Crippen LogP contribution < -0.4 is 4.90 Å². The number of hydrogen-bond acceptors (Lipinski definition) is 10. The molecule has 9 rings (SSSR count). The Morgan fingerprint density at radius 1 is 0.329 bits per heavy atom. The number of aliphatic carboxylic acids is 3. The number of anilines is 3. The fraction of sp³-hybridized carbons (Fsp3) is 0. The molecule has 3 heterocycles. The number of rotatable bonds is 18. The van der Waals surface area contributed by atoms with Gasteiger partial charge >= 0.3 is 17.9 Å². The van der Waals surface area contributed by atoms with Crippen LogP contribution in [0.3, 0.4) is 0 Å². The number of carbonyl (C=O) groups is 3. The van der Waals surface area contributed by atoms with Crippen molar-refractivity contribution in [3.05, 3.63) is 247 Å². The van der Waals surface area contributed by atoms with Crippen LogP contribution in [0.1, 0.15) is 48.0 Å². The molecule has 0 spiro atoms. The topological polar surface area (TPSA) is 187 Å². The molecule has 13 heteroatoms. The van der Waals surface area contributed by atoms with Gasteiger partial charge in [0.15, 0.2) is 0 Å². The lowest BCUT2D eigenvalue weighted by molar-refractivity contribution is -0.133. The highest BCUT2D eigenvalue weighted by Gasteiger charge is 2.14. The number of carboxylic acid groups (broad SMARTS) is 3. The zero-order valence-electron chi connectivity index (χ0n) is 41.6. The summed E-state index contributed by atoms with van der Waals surface area (Å²) in [4.78, 5) is 42.4. The SMILES string of the molecule is N#C/C(=C\c1ccc(-c2ccc(/C=C/c3ccc(N(c4ccc(/C=C/c5ccc(-c6ccc(/C=C(\C#N)C(=O)O)cc6)s5)cc4)c4ccc(/C=C/c5ccc(-c6ccc(/C=C(\C#N)C(=O)O)cc6)s5)cc4)cc3)s2)cc1)C(=O)O. The highest BCUT2D eigenvalue weighted by molar-refractivity contribution is 7.17. The van der Waals surface area contributed by atoms with Crippen molar-refractivity contribution in [3.63, 3.8) is 0 Å². The number of nitriles is 3. The van der Waals surface area contributed by atoms with Gasteiger partial charge in [0.25, 0.3) is 0 Å². The van der Waals surface area contributed by atoms with Crippen LogP contribution in [0.5, 0.6) is 0 Å². The first-order valence-electron chi connectivity index (χ1n) is 24.2. The summed E-state index contributed by atoms with van der Waals surface area (Å²) < 4.78 is 0. The van der Waals surface area contributed by atoms with Crippen LogP contribution in [0.15, 0.2) is 199 Å². The minimum Gasteiger partial charge on any atom is -0.477 e. The maximum Gasteiger partial charge on any atom is 0.346 e. The molecule has 0 saturated carbocycles.